The Hall–Kier alpha value is -3.23. The van der Waals surface area contributed by atoms with E-state index in [2.05, 4.69) is 34.0 Å². The van der Waals surface area contributed by atoms with Crippen molar-refractivity contribution in [3.63, 3.8) is 0 Å². The Kier molecular flexibility index (Phi) is 6.58. The molecule has 0 saturated carbocycles. The van der Waals surface area contributed by atoms with Crippen LogP contribution in [0.1, 0.15) is 43.5 Å². The number of hydrogen-bond donors (Lipinski definition) is 2. The smallest absolute Gasteiger partial charge is 0.251 e. The van der Waals surface area contributed by atoms with Crippen LogP contribution in [0.2, 0.25) is 0 Å². The van der Waals surface area contributed by atoms with Gasteiger partial charge in [-0.2, -0.15) is 4.98 Å². The number of nitrogens with two attached hydrogens (primary N) is 1. The van der Waals surface area contributed by atoms with Crippen molar-refractivity contribution in [3.8, 4) is 17.0 Å². The number of aromatic nitrogens is 2. The van der Waals surface area contributed by atoms with Crippen molar-refractivity contribution in [1.29, 1.82) is 0 Å². The summed E-state index contributed by atoms with van der Waals surface area (Å²) in [6, 6.07) is 13.6. The van der Waals surface area contributed by atoms with Gasteiger partial charge < -0.3 is 25.4 Å². The molecule has 2 aromatic carbocycles. The molecule has 3 heterocycles. The Bertz CT molecular complexity index is 1200. The van der Waals surface area contributed by atoms with Crippen LogP contribution in [0, 0.1) is 0 Å². The molecule has 5 rings (SSSR count). The predicted octanol–water partition coefficient (Wildman–Crippen LogP) is 3.65. The van der Waals surface area contributed by atoms with Crippen molar-refractivity contribution >= 4 is 22.8 Å². The summed E-state index contributed by atoms with van der Waals surface area (Å²) in [6.45, 7) is 8.47. The number of nitrogens with zero attached hydrogens (tertiary/aromatic N) is 3. The topological polar surface area (TPSA) is 103 Å². The first-order valence-corrected chi connectivity index (χ1v) is 12.3. The molecule has 8 nitrogen and oxygen atoms in total. The van der Waals surface area contributed by atoms with Crippen LogP contribution >= 0.6 is 0 Å². The molecule has 35 heavy (non-hydrogen) atoms. The van der Waals surface area contributed by atoms with E-state index in [0.717, 1.165) is 48.1 Å². The van der Waals surface area contributed by atoms with Gasteiger partial charge in [-0.3, -0.25) is 4.79 Å². The Labute approximate surface area is 205 Å². The minimum Gasteiger partial charge on any atom is -0.471 e. The standard InChI is InChI=1S/C27H33N5O3/c1-27(2,17-32-12-3-4-13-32)31-24(33)19-7-5-18(6-8-19)20-9-10-23-22(15-20)25(30-26(28)29-23)35-21-11-14-34-16-21/h5-10,15,21H,3-4,11-14,16-17H2,1-2H3,(H,31,33)(H2,28,29,30)/t21-/m1/s1. The number of amides is 1. The number of carbonyl (C=O) groups is 1. The summed E-state index contributed by atoms with van der Waals surface area (Å²) in [5.41, 5.74) is 8.97. The number of rotatable bonds is 7. The first-order valence-electron chi connectivity index (χ1n) is 12.3. The van der Waals surface area contributed by atoms with Gasteiger partial charge in [-0.1, -0.05) is 18.2 Å². The minimum atomic E-state index is -0.291. The van der Waals surface area contributed by atoms with Crippen LogP contribution in [0.3, 0.4) is 0 Å². The van der Waals surface area contributed by atoms with Gasteiger partial charge in [-0.05, 0) is 75.2 Å². The second-order valence-electron chi connectivity index (χ2n) is 10.1. The molecule has 1 amide bonds. The summed E-state index contributed by atoms with van der Waals surface area (Å²) in [6.07, 6.45) is 3.26. The minimum absolute atomic E-state index is 0.0383. The Morgan fingerprint density at radius 2 is 1.89 bits per heavy atom. The summed E-state index contributed by atoms with van der Waals surface area (Å²) in [7, 11) is 0. The molecule has 3 N–H and O–H groups in total. The molecule has 8 heteroatoms. The lowest BCUT2D eigenvalue weighted by molar-refractivity contribution is 0.0894. The maximum Gasteiger partial charge on any atom is 0.251 e. The Morgan fingerprint density at radius 1 is 1.14 bits per heavy atom. The fourth-order valence-electron chi connectivity index (χ4n) is 4.88. The highest BCUT2D eigenvalue weighted by atomic mass is 16.5. The summed E-state index contributed by atoms with van der Waals surface area (Å²) in [5, 5.41) is 3.99. The lowest BCUT2D eigenvalue weighted by Gasteiger charge is -2.31. The molecule has 2 fully saturated rings. The first-order chi connectivity index (χ1) is 16.9. The second kappa shape index (κ2) is 9.79. The van der Waals surface area contributed by atoms with Gasteiger partial charge in [0, 0.05) is 24.1 Å². The van der Waals surface area contributed by atoms with Gasteiger partial charge in [-0.15, -0.1) is 0 Å². The van der Waals surface area contributed by atoms with Crippen LogP contribution in [0.15, 0.2) is 42.5 Å². The monoisotopic (exact) mass is 475 g/mol. The number of nitrogens with one attached hydrogen (secondary N) is 1. The normalized spacial score (nSPS) is 18.7. The SMILES string of the molecule is CC(C)(CN1CCCC1)NC(=O)c1ccc(-c2ccc3nc(N)nc(O[C@@H]4CCOC4)c3c2)cc1. The van der Waals surface area contributed by atoms with E-state index < -0.39 is 0 Å². The highest BCUT2D eigenvalue weighted by molar-refractivity contribution is 5.95. The molecule has 0 bridgehead atoms. The zero-order chi connectivity index (χ0) is 24.4. The van der Waals surface area contributed by atoms with E-state index in [-0.39, 0.29) is 23.5 Å². The van der Waals surface area contributed by atoms with Crippen LogP contribution in [-0.4, -0.2) is 65.3 Å². The Balaban J connectivity index is 1.33. The molecule has 0 aliphatic carbocycles. The molecular formula is C27H33N5O3. The third-order valence-corrected chi connectivity index (χ3v) is 6.59. The predicted molar refractivity (Wildman–Crippen MR) is 136 cm³/mol. The van der Waals surface area contributed by atoms with Crippen molar-refractivity contribution < 1.29 is 14.3 Å². The highest BCUT2D eigenvalue weighted by Crippen LogP contribution is 2.30. The Morgan fingerprint density at radius 3 is 2.60 bits per heavy atom. The molecule has 1 aromatic heterocycles. The molecule has 184 valence electrons. The average molecular weight is 476 g/mol. The van der Waals surface area contributed by atoms with Crippen molar-refractivity contribution in [2.24, 2.45) is 0 Å². The molecule has 0 radical (unpaired) electrons. The maximum absolute atomic E-state index is 12.9. The number of carbonyl (C=O) groups excluding carboxylic acids is 1. The lowest BCUT2D eigenvalue weighted by Crippen LogP contribution is -2.50. The molecule has 1 atom stereocenters. The van der Waals surface area contributed by atoms with Gasteiger partial charge in [0.25, 0.3) is 5.91 Å². The number of nitrogen functional groups attached to an aromatic ring is 1. The fourth-order valence-corrected chi connectivity index (χ4v) is 4.88. The number of anilines is 1. The number of benzene rings is 2. The summed E-state index contributed by atoms with van der Waals surface area (Å²) in [4.78, 5) is 24.0. The average Bonchev–Trinajstić information content (AvgIpc) is 3.53. The fraction of sp³-hybridized carbons (Fsp3) is 0.444. The van der Waals surface area contributed by atoms with Gasteiger partial charge in [0.15, 0.2) is 0 Å². The third-order valence-electron chi connectivity index (χ3n) is 6.59. The van der Waals surface area contributed by atoms with Crippen molar-refractivity contribution in [1.82, 2.24) is 20.2 Å². The third kappa shape index (κ3) is 5.55. The quantitative estimate of drug-likeness (QED) is 0.538. The molecule has 2 saturated heterocycles. The van der Waals surface area contributed by atoms with Gasteiger partial charge in [0.2, 0.25) is 11.8 Å². The number of ether oxygens (including phenoxy) is 2. The summed E-state index contributed by atoms with van der Waals surface area (Å²) in [5.74, 6) is 0.598. The van der Waals surface area contributed by atoms with E-state index >= 15 is 0 Å². The molecular weight excluding hydrogens is 442 g/mol. The molecule has 2 aliphatic heterocycles. The zero-order valence-electron chi connectivity index (χ0n) is 20.4. The largest absolute Gasteiger partial charge is 0.471 e. The van der Waals surface area contributed by atoms with E-state index in [1.54, 1.807) is 0 Å². The molecule has 0 spiro atoms. The zero-order valence-corrected chi connectivity index (χ0v) is 20.4. The first kappa shape index (κ1) is 23.5. The van der Waals surface area contributed by atoms with Crippen molar-refractivity contribution in [2.45, 2.75) is 44.8 Å². The van der Waals surface area contributed by atoms with Crippen LogP contribution in [0.5, 0.6) is 5.88 Å². The lowest BCUT2D eigenvalue weighted by atomic mass is 10.0. The van der Waals surface area contributed by atoms with E-state index in [4.69, 9.17) is 15.2 Å². The van der Waals surface area contributed by atoms with Gasteiger partial charge in [0.1, 0.15) is 6.10 Å². The van der Waals surface area contributed by atoms with Gasteiger partial charge in [-0.25, -0.2) is 4.98 Å². The van der Waals surface area contributed by atoms with E-state index in [1.807, 2.05) is 42.5 Å². The van der Waals surface area contributed by atoms with E-state index in [1.165, 1.54) is 12.8 Å². The van der Waals surface area contributed by atoms with E-state index in [0.29, 0.717) is 24.7 Å². The molecule has 3 aromatic rings. The number of hydrogen-bond acceptors (Lipinski definition) is 7. The van der Waals surface area contributed by atoms with Crippen LogP contribution < -0.4 is 15.8 Å². The van der Waals surface area contributed by atoms with Crippen molar-refractivity contribution in [2.75, 3.05) is 38.6 Å². The van der Waals surface area contributed by atoms with Gasteiger partial charge >= 0.3 is 0 Å². The second-order valence-corrected chi connectivity index (χ2v) is 10.1. The molecule has 0 unspecified atom stereocenters. The van der Waals surface area contributed by atoms with Gasteiger partial charge in [0.05, 0.1) is 24.1 Å². The van der Waals surface area contributed by atoms with Crippen LogP contribution in [0.25, 0.3) is 22.0 Å². The summed E-state index contributed by atoms with van der Waals surface area (Å²) >= 11 is 0. The van der Waals surface area contributed by atoms with Crippen LogP contribution in [-0.2, 0) is 4.74 Å². The molecule has 2 aliphatic rings. The number of fused-ring (bicyclic) bond motifs is 1. The van der Waals surface area contributed by atoms with Crippen molar-refractivity contribution in [3.05, 3.63) is 48.0 Å². The van der Waals surface area contributed by atoms with E-state index in [9.17, 15) is 4.79 Å². The highest BCUT2D eigenvalue weighted by Gasteiger charge is 2.26. The summed E-state index contributed by atoms with van der Waals surface area (Å²) < 4.78 is 11.5. The van der Waals surface area contributed by atoms with Crippen LogP contribution in [0.4, 0.5) is 5.95 Å². The maximum atomic E-state index is 12.9. The number of likely N-dealkylation sites (tertiary alicyclic amines) is 1.